The van der Waals surface area contributed by atoms with E-state index in [1.54, 1.807) is 37.4 Å². The molecule has 1 amide bonds. The van der Waals surface area contributed by atoms with E-state index in [0.29, 0.717) is 10.8 Å². The normalized spacial score (nSPS) is 11.6. The summed E-state index contributed by atoms with van der Waals surface area (Å²) >= 11 is 5.94. The number of nitrogens with one attached hydrogen (secondary N) is 1. The molecule has 0 heterocycles. The van der Waals surface area contributed by atoms with Crippen molar-refractivity contribution in [2.24, 2.45) is 0 Å². The van der Waals surface area contributed by atoms with Crippen LogP contribution in [0.3, 0.4) is 0 Å². The lowest BCUT2D eigenvalue weighted by Crippen LogP contribution is -2.31. The van der Waals surface area contributed by atoms with Gasteiger partial charge in [0.05, 0.1) is 13.2 Å². The number of amides is 1. The largest absolute Gasteiger partial charge is 0.497 e. The maximum absolute atomic E-state index is 11.9. The van der Waals surface area contributed by atoms with Gasteiger partial charge in [0, 0.05) is 5.02 Å². The number of hydrogen-bond donors (Lipinski definition) is 1. The van der Waals surface area contributed by atoms with Gasteiger partial charge in [0.2, 0.25) is 0 Å². The van der Waals surface area contributed by atoms with Gasteiger partial charge in [0.15, 0.2) is 6.61 Å². The predicted octanol–water partition coefficient (Wildman–Crippen LogP) is 3.60. The molecular weight excluding hydrogens is 302 g/mol. The fourth-order valence-electron chi connectivity index (χ4n) is 1.96. The minimum atomic E-state index is -0.191. The molecule has 4 nitrogen and oxygen atoms in total. The van der Waals surface area contributed by atoms with Gasteiger partial charge in [-0.25, -0.2) is 0 Å². The Kier molecular flexibility index (Phi) is 5.67. The van der Waals surface area contributed by atoms with Crippen LogP contribution in [0, 0.1) is 0 Å². The van der Waals surface area contributed by atoms with Gasteiger partial charge in [-0.15, -0.1) is 0 Å². The molecule has 2 aromatic rings. The van der Waals surface area contributed by atoms with Gasteiger partial charge >= 0.3 is 0 Å². The summed E-state index contributed by atoms with van der Waals surface area (Å²) in [6.07, 6.45) is 0. The predicted molar refractivity (Wildman–Crippen MR) is 86.5 cm³/mol. The molecule has 0 bridgehead atoms. The average molecular weight is 320 g/mol. The van der Waals surface area contributed by atoms with Crippen LogP contribution in [0.25, 0.3) is 0 Å². The Morgan fingerprint density at radius 1 is 1.18 bits per heavy atom. The summed E-state index contributed by atoms with van der Waals surface area (Å²) in [7, 11) is 1.60. The number of rotatable bonds is 6. The zero-order valence-electron chi connectivity index (χ0n) is 12.5. The molecule has 116 valence electrons. The molecule has 5 heteroatoms. The first-order chi connectivity index (χ1) is 10.6. The summed E-state index contributed by atoms with van der Waals surface area (Å²) in [5, 5.41) is 3.52. The highest BCUT2D eigenvalue weighted by Crippen LogP contribution is 2.18. The van der Waals surface area contributed by atoms with Crippen molar-refractivity contribution in [2.45, 2.75) is 13.0 Å². The van der Waals surface area contributed by atoms with Crippen LogP contribution in [-0.2, 0) is 4.79 Å². The van der Waals surface area contributed by atoms with Crippen molar-refractivity contribution < 1.29 is 14.3 Å². The highest BCUT2D eigenvalue weighted by molar-refractivity contribution is 6.30. The topological polar surface area (TPSA) is 47.6 Å². The second-order valence-electron chi connectivity index (χ2n) is 4.81. The second kappa shape index (κ2) is 7.71. The molecule has 1 N–H and O–H groups in total. The van der Waals surface area contributed by atoms with Crippen LogP contribution in [0.1, 0.15) is 18.5 Å². The number of carbonyl (C=O) groups excluding carboxylic acids is 1. The SMILES string of the molecule is COc1ccc(OCC(=O)NC(C)c2cccc(Cl)c2)cc1. The average Bonchev–Trinajstić information content (AvgIpc) is 2.53. The van der Waals surface area contributed by atoms with Crippen molar-refractivity contribution in [1.29, 1.82) is 0 Å². The summed E-state index contributed by atoms with van der Waals surface area (Å²) in [6, 6.07) is 14.3. The quantitative estimate of drug-likeness (QED) is 0.885. The number of benzene rings is 2. The van der Waals surface area contributed by atoms with E-state index < -0.39 is 0 Å². The van der Waals surface area contributed by atoms with Gasteiger partial charge in [-0.1, -0.05) is 23.7 Å². The Balaban J connectivity index is 1.84. The number of carbonyl (C=O) groups is 1. The number of methoxy groups -OCH3 is 1. The van der Waals surface area contributed by atoms with E-state index in [2.05, 4.69) is 5.32 Å². The van der Waals surface area contributed by atoms with E-state index >= 15 is 0 Å². The fourth-order valence-corrected chi connectivity index (χ4v) is 2.16. The minimum absolute atomic E-state index is 0.0444. The number of ether oxygens (including phenoxy) is 2. The van der Waals surface area contributed by atoms with Crippen LogP contribution >= 0.6 is 11.6 Å². The van der Waals surface area contributed by atoms with Crippen molar-refractivity contribution in [3.63, 3.8) is 0 Å². The highest BCUT2D eigenvalue weighted by atomic mass is 35.5. The Bertz CT molecular complexity index is 628. The standard InChI is InChI=1S/C17H18ClNO3/c1-12(13-4-3-5-14(18)10-13)19-17(20)11-22-16-8-6-15(21-2)7-9-16/h3-10,12H,11H2,1-2H3,(H,19,20). The summed E-state index contributed by atoms with van der Waals surface area (Å²) in [5.74, 6) is 1.17. The smallest absolute Gasteiger partial charge is 0.258 e. The molecule has 0 aliphatic carbocycles. The van der Waals surface area contributed by atoms with Crippen LogP contribution < -0.4 is 14.8 Å². The minimum Gasteiger partial charge on any atom is -0.497 e. The Labute approximate surface area is 135 Å². The lowest BCUT2D eigenvalue weighted by Gasteiger charge is -2.15. The first-order valence-electron chi connectivity index (χ1n) is 6.90. The number of halogens is 1. The van der Waals surface area contributed by atoms with Crippen LogP contribution in [0.15, 0.2) is 48.5 Å². The molecule has 0 spiro atoms. The lowest BCUT2D eigenvalue weighted by atomic mass is 10.1. The van der Waals surface area contributed by atoms with Crippen molar-refractivity contribution in [3.8, 4) is 11.5 Å². The van der Waals surface area contributed by atoms with E-state index in [1.165, 1.54) is 0 Å². The maximum atomic E-state index is 11.9. The lowest BCUT2D eigenvalue weighted by molar-refractivity contribution is -0.123. The van der Waals surface area contributed by atoms with E-state index in [0.717, 1.165) is 11.3 Å². The molecule has 0 radical (unpaired) electrons. The van der Waals surface area contributed by atoms with Crippen LogP contribution in [0.4, 0.5) is 0 Å². The van der Waals surface area contributed by atoms with Crippen LogP contribution in [0.5, 0.6) is 11.5 Å². The summed E-state index contributed by atoms with van der Waals surface area (Å²) in [5.41, 5.74) is 0.949. The molecule has 0 aliphatic heterocycles. The van der Waals surface area contributed by atoms with E-state index in [1.807, 2.05) is 25.1 Å². The molecular formula is C17H18ClNO3. The zero-order valence-corrected chi connectivity index (χ0v) is 13.3. The molecule has 2 rings (SSSR count). The molecule has 0 aliphatic rings. The summed E-state index contributed by atoms with van der Waals surface area (Å²) in [4.78, 5) is 11.9. The van der Waals surface area contributed by atoms with Gasteiger partial charge in [-0.2, -0.15) is 0 Å². The summed E-state index contributed by atoms with van der Waals surface area (Å²) in [6.45, 7) is 1.86. The first kappa shape index (κ1) is 16.2. The first-order valence-corrected chi connectivity index (χ1v) is 7.28. The van der Waals surface area contributed by atoms with Gasteiger partial charge < -0.3 is 14.8 Å². The van der Waals surface area contributed by atoms with E-state index in [4.69, 9.17) is 21.1 Å². The van der Waals surface area contributed by atoms with Gasteiger partial charge in [0.1, 0.15) is 11.5 Å². The third kappa shape index (κ3) is 4.67. The highest BCUT2D eigenvalue weighted by Gasteiger charge is 2.10. The Morgan fingerprint density at radius 2 is 1.86 bits per heavy atom. The van der Waals surface area contributed by atoms with Crippen molar-refractivity contribution >= 4 is 17.5 Å². The maximum Gasteiger partial charge on any atom is 0.258 e. The van der Waals surface area contributed by atoms with Crippen molar-refractivity contribution in [3.05, 3.63) is 59.1 Å². The fraction of sp³-hybridized carbons (Fsp3) is 0.235. The molecule has 1 unspecified atom stereocenters. The van der Waals surface area contributed by atoms with Crippen LogP contribution in [0.2, 0.25) is 5.02 Å². The van der Waals surface area contributed by atoms with Crippen molar-refractivity contribution in [2.75, 3.05) is 13.7 Å². The summed E-state index contributed by atoms with van der Waals surface area (Å²) < 4.78 is 10.5. The molecule has 0 fully saturated rings. The van der Waals surface area contributed by atoms with Gasteiger partial charge in [-0.05, 0) is 48.9 Å². The second-order valence-corrected chi connectivity index (χ2v) is 5.24. The Hall–Kier alpha value is -2.20. The number of hydrogen-bond acceptors (Lipinski definition) is 3. The van der Waals surface area contributed by atoms with E-state index in [9.17, 15) is 4.79 Å². The van der Waals surface area contributed by atoms with Crippen molar-refractivity contribution in [1.82, 2.24) is 5.32 Å². The molecule has 22 heavy (non-hydrogen) atoms. The Morgan fingerprint density at radius 3 is 2.50 bits per heavy atom. The third-order valence-electron chi connectivity index (χ3n) is 3.16. The molecule has 2 aromatic carbocycles. The molecule has 0 aromatic heterocycles. The molecule has 0 saturated carbocycles. The van der Waals surface area contributed by atoms with Crippen LogP contribution in [-0.4, -0.2) is 19.6 Å². The van der Waals surface area contributed by atoms with E-state index in [-0.39, 0.29) is 18.6 Å². The monoisotopic (exact) mass is 319 g/mol. The van der Waals surface area contributed by atoms with Gasteiger partial charge in [-0.3, -0.25) is 4.79 Å². The molecule has 0 saturated heterocycles. The van der Waals surface area contributed by atoms with Gasteiger partial charge in [0.25, 0.3) is 5.91 Å². The third-order valence-corrected chi connectivity index (χ3v) is 3.39. The molecule has 1 atom stereocenters. The zero-order chi connectivity index (χ0) is 15.9.